The summed E-state index contributed by atoms with van der Waals surface area (Å²) in [5, 5.41) is 7.77. The molecule has 0 aliphatic heterocycles. The molecule has 0 N–H and O–H groups in total. The van der Waals surface area contributed by atoms with E-state index >= 15 is 0 Å². The van der Waals surface area contributed by atoms with Gasteiger partial charge >= 0.3 is 0 Å². The van der Waals surface area contributed by atoms with E-state index in [1.54, 1.807) is 24.0 Å². The highest BCUT2D eigenvalue weighted by Crippen LogP contribution is 2.18. The van der Waals surface area contributed by atoms with Gasteiger partial charge in [-0.05, 0) is 15.9 Å². The van der Waals surface area contributed by atoms with E-state index in [9.17, 15) is 4.79 Å². The minimum atomic E-state index is -0.191. The third kappa shape index (κ3) is 1.92. The summed E-state index contributed by atoms with van der Waals surface area (Å²) in [5.74, 6) is 0.506. The average Bonchev–Trinajstić information content (AvgIpc) is 2.84. The molecule has 84 valence electrons. The Morgan fingerprint density at radius 3 is 2.88 bits per heavy atom. The van der Waals surface area contributed by atoms with E-state index in [0.717, 1.165) is 0 Å². The molecular weight excluding hydrogens is 274 g/mol. The molecule has 0 bridgehead atoms. The molecule has 0 aromatic carbocycles. The van der Waals surface area contributed by atoms with Crippen LogP contribution >= 0.6 is 15.9 Å². The number of aryl methyl sites for hydroxylation is 2. The van der Waals surface area contributed by atoms with Crippen LogP contribution in [0.2, 0.25) is 0 Å². The van der Waals surface area contributed by atoms with Gasteiger partial charge in [-0.25, -0.2) is 0 Å². The van der Waals surface area contributed by atoms with E-state index in [1.165, 1.54) is 0 Å². The van der Waals surface area contributed by atoms with Gasteiger partial charge in [-0.15, -0.1) is 0 Å². The van der Waals surface area contributed by atoms with Gasteiger partial charge in [0.15, 0.2) is 5.69 Å². The van der Waals surface area contributed by atoms with Gasteiger partial charge in [-0.1, -0.05) is 12.1 Å². The molecule has 0 fully saturated rings. The normalized spacial score (nSPS) is 10.7. The molecule has 6 heteroatoms. The van der Waals surface area contributed by atoms with Gasteiger partial charge in [0.25, 0.3) is 0 Å². The molecule has 0 aliphatic rings. The number of carbonyl (C=O) groups is 1. The highest BCUT2D eigenvalue weighted by Gasteiger charge is 2.19. The molecule has 0 unspecified atom stereocenters. The van der Waals surface area contributed by atoms with Gasteiger partial charge in [0.1, 0.15) is 10.4 Å². The van der Waals surface area contributed by atoms with Gasteiger partial charge in [0.05, 0.1) is 5.56 Å². The van der Waals surface area contributed by atoms with Crippen molar-refractivity contribution in [3.8, 4) is 0 Å². The first-order valence-electron chi connectivity index (χ1n) is 4.81. The fourth-order valence-corrected chi connectivity index (χ4v) is 1.87. The lowest BCUT2D eigenvalue weighted by molar-refractivity contribution is 0.102. The molecule has 0 radical (unpaired) electrons. The SMILES string of the molecule is CCc1cc(C(=O)c2cn(C)nc2Br)no1. The Bertz CT molecular complexity index is 530. The first kappa shape index (κ1) is 11.1. The van der Waals surface area contributed by atoms with Crippen LogP contribution < -0.4 is 0 Å². The highest BCUT2D eigenvalue weighted by molar-refractivity contribution is 9.10. The van der Waals surface area contributed by atoms with Crippen LogP contribution in [0.3, 0.4) is 0 Å². The Balaban J connectivity index is 2.35. The quantitative estimate of drug-likeness (QED) is 0.808. The van der Waals surface area contributed by atoms with Crippen molar-refractivity contribution in [2.24, 2.45) is 7.05 Å². The molecule has 0 atom stereocenters. The Morgan fingerprint density at radius 1 is 1.62 bits per heavy atom. The smallest absolute Gasteiger partial charge is 0.219 e. The molecule has 0 saturated heterocycles. The summed E-state index contributed by atoms with van der Waals surface area (Å²) in [6.45, 7) is 1.94. The number of rotatable bonds is 3. The second kappa shape index (κ2) is 4.21. The van der Waals surface area contributed by atoms with Crippen LogP contribution in [0.25, 0.3) is 0 Å². The van der Waals surface area contributed by atoms with Crippen LogP contribution in [-0.2, 0) is 13.5 Å². The lowest BCUT2D eigenvalue weighted by atomic mass is 10.1. The first-order valence-corrected chi connectivity index (χ1v) is 5.60. The van der Waals surface area contributed by atoms with Gasteiger partial charge in [-0.3, -0.25) is 9.48 Å². The zero-order chi connectivity index (χ0) is 11.7. The van der Waals surface area contributed by atoms with Crippen LogP contribution in [0.4, 0.5) is 0 Å². The Morgan fingerprint density at radius 2 is 2.38 bits per heavy atom. The number of hydrogen-bond donors (Lipinski definition) is 0. The molecule has 2 aromatic heterocycles. The van der Waals surface area contributed by atoms with Crippen LogP contribution in [0.15, 0.2) is 21.4 Å². The lowest BCUT2D eigenvalue weighted by Crippen LogP contribution is -2.00. The zero-order valence-electron chi connectivity index (χ0n) is 8.90. The maximum Gasteiger partial charge on any atom is 0.219 e. The highest BCUT2D eigenvalue weighted by atomic mass is 79.9. The van der Waals surface area contributed by atoms with Crippen LogP contribution in [0.5, 0.6) is 0 Å². The van der Waals surface area contributed by atoms with Crippen molar-refractivity contribution >= 4 is 21.7 Å². The number of hydrogen-bond acceptors (Lipinski definition) is 4. The van der Waals surface area contributed by atoms with Gasteiger partial charge in [-0.2, -0.15) is 5.10 Å². The molecule has 0 saturated carbocycles. The van der Waals surface area contributed by atoms with Crippen molar-refractivity contribution in [3.05, 3.63) is 33.9 Å². The third-order valence-corrected chi connectivity index (χ3v) is 2.75. The van der Waals surface area contributed by atoms with E-state index in [0.29, 0.717) is 28.0 Å². The van der Waals surface area contributed by atoms with E-state index < -0.39 is 0 Å². The van der Waals surface area contributed by atoms with E-state index in [1.807, 2.05) is 6.92 Å². The van der Waals surface area contributed by atoms with Crippen molar-refractivity contribution in [1.29, 1.82) is 0 Å². The van der Waals surface area contributed by atoms with Crippen molar-refractivity contribution in [2.45, 2.75) is 13.3 Å². The summed E-state index contributed by atoms with van der Waals surface area (Å²) < 4.78 is 7.07. The lowest BCUT2D eigenvalue weighted by Gasteiger charge is -1.90. The molecule has 0 amide bonds. The van der Waals surface area contributed by atoms with Gasteiger partial charge in [0.2, 0.25) is 5.78 Å². The Labute approximate surface area is 101 Å². The monoisotopic (exact) mass is 283 g/mol. The molecule has 2 heterocycles. The number of carbonyl (C=O) groups excluding carboxylic acids is 1. The number of ketones is 1. The summed E-state index contributed by atoms with van der Waals surface area (Å²) >= 11 is 3.23. The maximum absolute atomic E-state index is 12.0. The number of nitrogens with zero attached hydrogens (tertiary/aromatic N) is 3. The van der Waals surface area contributed by atoms with E-state index in [-0.39, 0.29) is 5.78 Å². The second-order valence-electron chi connectivity index (χ2n) is 3.37. The summed E-state index contributed by atoms with van der Waals surface area (Å²) in [6, 6.07) is 1.65. The Kier molecular flexibility index (Phi) is 2.91. The van der Waals surface area contributed by atoms with E-state index in [4.69, 9.17) is 4.52 Å². The van der Waals surface area contributed by atoms with Crippen molar-refractivity contribution in [2.75, 3.05) is 0 Å². The predicted molar refractivity (Wildman–Crippen MR) is 60.2 cm³/mol. The number of aromatic nitrogens is 3. The topological polar surface area (TPSA) is 60.9 Å². The zero-order valence-corrected chi connectivity index (χ0v) is 10.5. The number of halogens is 1. The van der Waals surface area contributed by atoms with Crippen LogP contribution in [-0.4, -0.2) is 20.7 Å². The van der Waals surface area contributed by atoms with Crippen LogP contribution in [0, 0.1) is 0 Å². The van der Waals surface area contributed by atoms with Crippen molar-refractivity contribution < 1.29 is 9.32 Å². The fourth-order valence-electron chi connectivity index (χ4n) is 1.34. The van der Waals surface area contributed by atoms with Gasteiger partial charge < -0.3 is 4.52 Å². The minimum Gasteiger partial charge on any atom is -0.361 e. The molecule has 0 spiro atoms. The maximum atomic E-state index is 12.0. The molecular formula is C10H10BrN3O2. The van der Waals surface area contributed by atoms with Crippen molar-refractivity contribution in [1.82, 2.24) is 14.9 Å². The summed E-state index contributed by atoms with van der Waals surface area (Å²) in [6.07, 6.45) is 2.36. The molecule has 0 aliphatic carbocycles. The molecule has 5 nitrogen and oxygen atoms in total. The molecule has 2 rings (SSSR count). The first-order chi connectivity index (χ1) is 7.61. The van der Waals surface area contributed by atoms with Gasteiger partial charge in [0, 0.05) is 25.7 Å². The van der Waals surface area contributed by atoms with E-state index in [2.05, 4.69) is 26.2 Å². The fraction of sp³-hybridized carbons (Fsp3) is 0.300. The summed E-state index contributed by atoms with van der Waals surface area (Å²) in [5.41, 5.74) is 0.795. The largest absolute Gasteiger partial charge is 0.361 e. The standard InChI is InChI=1S/C10H10BrN3O2/c1-3-6-4-8(13-16-6)9(15)7-5-14(2)12-10(7)11/h4-5H,3H2,1-2H3. The van der Waals surface area contributed by atoms with Crippen molar-refractivity contribution in [3.63, 3.8) is 0 Å². The summed E-state index contributed by atoms with van der Waals surface area (Å²) in [7, 11) is 1.75. The Hall–Kier alpha value is -1.43. The molecule has 16 heavy (non-hydrogen) atoms. The average molecular weight is 284 g/mol. The van der Waals surface area contributed by atoms with Crippen LogP contribution in [0.1, 0.15) is 28.7 Å². The second-order valence-corrected chi connectivity index (χ2v) is 4.12. The minimum absolute atomic E-state index is 0.191. The molecule has 2 aromatic rings. The summed E-state index contributed by atoms with van der Waals surface area (Å²) in [4.78, 5) is 12.0. The third-order valence-electron chi connectivity index (χ3n) is 2.17. The predicted octanol–water partition coefficient (Wildman–Crippen LogP) is 1.96.